The van der Waals surface area contributed by atoms with Crippen LogP contribution in [0.5, 0.6) is 0 Å². The molecule has 5 nitrogen and oxygen atoms in total. The second-order valence-corrected chi connectivity index (χ2v) is 5.90. The van der Waals surface area contributed by atoms with Crippen molar-refractivity contribution in [1.29, 1.82) is 5.26 Å². The van der Waals surface area contributed by atoms with Crippen molar-refractivity contribution in [2.24, 2.45) is 0 Å². The molecule has 0 radical (unpaired) electrons. The van der Waals surface area contributed by atoms with Gasteiger partial charge in [-0.25, -0.2) is 0 Å². The first kappa shape index (κ1) is 15.4. The first-order valence-corrected chi connectivity index (χ1v) is 7.61. The Morgan fingerprint density at radius 2 is 1.81 bits per heavy atom. The lowest BCUT2D eigenvalue weighted by atomic mass is 9.85. The Morgan fingerprint density at radius 1 is 1.19 bits per heavy atom. The van der Waals surface area contributed by atoms with E-state index in [-0.39, 0.29) is 5.91 Å². The van der Waals surface area contributed by atoms with Gasteiger partial charge in [0.05, 0.1) is 23.0 Å². The third kappa shape index (κ3) is 3.78. The molecule has 21 heavy (non-hydrogen) atoms. The first-order chi connectivity index (χ1) is 10.1. The van der Waals surface area contributed by atoms with E-state index < -0.39 is 5.54 Å². The molecule has 1 N–H and O–H groups in total. The molecule has 1 aromatic heterocycles. The average molecular weight is 286 g/mol. The molecule has 1 saturated carbocycles. The van der Waals surface area contributed by atoms with Gasteiger partial charge in [0.2, 0.25) is 0 Å². The lowest BCUT2D eigenvalue weighted by Gasteiger charge is -2.29. The van der Waals surface area contributed by atoms with Gasteiger partial charge in [-0.2, -0.15) is 15.5 Å². The molecule has 0 bridgehead atoms. The number of carbonyl (C=O) groups excluding carboxylic acids is 1. The number of nitrogens with one attached hydrogen (secondary N) is 1. The standard InChI is InChI=1S/C16H22N4O/c1-12-10-14(13(2)20-19-12)15(21)18-16(11-17)8-6-4-3-5-7-9-16/h10H,3-9H2,1-2H3,(H,18,21). The first-order valence-electron chi connectivity index (χ1n) is 7.61. The van der Waals surface area contributed by atoms with Gasteiger partial charge in [0.25, 0.3) is 5.91 Å². The van der Waals surface area contributed by atoms with Gasteiger partial charge >= 0.3 is 0 Å². The van der Waals surface area contributed by atoms with Crippen molar-refractivity contribution in [2.75, 3.05) is 0 Å². The van der Waals surface area contributed by atoms with E-state index in [1.54, 1.807) is 19.9 Å². The Morgan fingerprint density at radius 3 is 2.43 bits per heavy atom. The molecule has 1 amide bonds. The Balaban J connectivity index is 2.18. The quantitative estimate of drug-likeness (QED) is 0.906. The number of amides is 1. The highest BCUT2D eigenvalue weighted by atomic mass is 16.1. The number of aromatic nitrogens is 2. The van der Waals surface area contributed by atoms with Crippen LogP contribution in [0.2, 0.25) is 0 Å². The van der Waals surface area contributed by atoms with Crippen molar-refractivity contribution < 1.29 is 4.79 Å². The van der Waals surface area contributed by atoms with E-state index in [9.17, 15) is 10.1 Å². The molecule has 1 aliphatic rings. The molecule has 1 aliphatic carbocycles. The predicted molar refractivity (Wildman–Crippen MR) is 79.6 cm³/mol. The van der Waals surface area contributed by atoms with Crippen molar-refractivity contribution in [3.8, 4) is 6.07 Å². The molecular formula is C16H22N4O. The topological polar surface area (TPSA) is 78.7 Å². The lowest BCUT2D eigenvalue weighted by molar-refractivity contribution is 0.0906. The number of hydrogen-bond donors (Lipinski definition) is 1. The van der Waals surface area contributed by atoms with E-state index in [1.807, 2.05) is 0 Å². The van der Waals surface area contributed by atoms with Gasteiger partial charge in [0.1, 0.15) is 5.54 Å². The zero-order chi connectivity index (χ0) is 15.3. The van der Waals surface area contributed by atoms with Gasteiger partial charge in [0.15, 0.2) is 0 Å². The zero-order valence-corrected chi connectivity index (χ0v) is 12.8. The second kappa shape index (κ2) is 6.66. The molecule has 0 aliphatic heterocycles. The fourth-order valence-corrected chi connectivity index (χ4v) is 2.84. The summed E-state index contributed by atoms with van der Waals surface area (Å²) in [5.41, 5.74) is 1.08. The van der Waals surface area contributed by atoms with Gasteiger partial charge < -0.3 is 5.32 Å². The molecule has 112 valence electrons. The Kier molecular flexibility index (Phi) is 4.89. The summed E-state index contributed by atoms with van der Waals surface area (Å²) in [6, 6.07) is 4.08. The van der Waals surface area contributed by atoms with E-state index in [1.165, 1.54) is 6.42 Å². The minimum absolute atomic E-state index is 0.215. The average Bonchev–Trinajstić information content (AvgIpc) is 2.44. The van der Waals surface area contributed by atoms with Crippen LogP contribution in [0.15, 0.2) is 6.07 Å². The van der Waals surface area contributed by atoms with Crippen LogP contribution in [0.1, 0.15) is 66.7 Å². The largest absolute Gasteiger partial charge is 0.334 e. The van der Waals surface area contributed by atoms with Crippen molar-refractivity contribution in [1.82, 2.24) is 15.5 Å². The molecule has 0 saturated heterocycles. The number of rotatable bonds is 2. The number of nitriles is 1. The summed E-state index contributed by atoms with van der Waals surface area (Å²) in [4.78, 5) is 12.5. The summed E-state index contributed by atoms with van der Waals surface area (Å²) in [5, 5.41) is 20.5. The molecule has 5 heteroatoms. The van der Waals surface area contributed by atoms with Crippen LogP contribution in [0.3, 0.4) is 0 Å². The second-order valence-electron chi connectivity index (χ2n) is 5.90. The van der Waals surface area contributed by atoms with Crippen LogP contribution in [-0.2, 0) is 0 Å². The van der Waals surface area contributed by atoms with Crippen molar-refractivity contribution in [3.05, 3.63) is 23.0 Å². The van der Waals surface area contributed by atoms with Gasteiger partial charge in [-0.15, -0.1) is 0 Å². The molecule has 1 aromatic rings. The fourth-order valence-electron chi connectivity index (χ4n) is 2.84. The van der Waals surface area contributed by atoms with E-state index in [0.29, 0.717) is 17.0 Å². The van der Waals surface area contributed by atoms with Crippen LogP contribution < -0.4 is 5.32 Å². The minimum atomic E-state index is -0.735. The highest BCUT2D eigenvalue weighted by Crippen LogP contribution is 2.26. The van der Waals surface area contributed by atoms with Crippen LogP contribution in [-0.4, -0.2) is 21.6 Å². The van der Waals surface area contributed by atoms with E-state index in [0.717, 1.165) is 38.5 Å². The summed E-state index contributed by atoms with van der Waals surface area (Å²) in [6.07, 6.45) is 6.92. The molecule has 1 fully saturated rings. The maximum atomic E-state index is 12.5. The Bertz CT molecular complexity index is 554. The fraction of sp³-hybridized carbons (Fsp3) is 0.625. The third-order valence-electron chi connectivity index (χ3n) is 4.12. The van der Waals surface area contributed by atoms with Crippen molar-refractivity contribution >= 4 is 5.91 Å². The van der Waals surface area contributed by atoms with Crippen LogP contribution in [0.4, 0.5) is 0 Å². The molecule has 0 unspecified atom stereocenters. The molecule has 0 atom stereocenters. The SMILES string of the molecule is Cc1cc(C(=O)NC2(C#N)CCCCCCC2)c(C)nn1. The summed E-state index contributed by atoms with van der Waals surface area (Å²) >= 11 is 0. The normalized spacial score (nSPS) is 18.1. The predicted octanol–water partition coefficient (Wildman–Crippen LogP) is 2.83. The molecule has 1 heterocycles. The van der Waals surface area contributed by atoms with Crippen molar-refractivity contribution in [3.63, 3.8) is 0 Å². The van der Waals surface area contributed by atoms with Crippen LogP contribution in [0, 0.1) is 25.2 Å². The number of hydrogen-bond acceptors (Lipinski definition) is 4. The molecular weight excluding hydrogens is 264 g/mol. The van der Waals surface area contributed by atoms with E-state index >= 15 is 0 Å². The van der Waals surface area contributed by atoms with Gasteiger partial charge in [-0.05, 0) is 32.8 Å². The number of aryl methyl sites for hydroxylation is 2. The highest BCUT2D eigenvalue weighted by Gasteiger charge is 2.32. The Labute approximate surface area is 125 Å². The smallest absolute Gasteiger partial charge is 0.254 e. The van der Waals surface area contributed by atoms with Gasteiger partial charge in [-0.1, -0.05) is 32.1 Å². The van der Waals surface area contributed by atoms with Crippen LogP contribution in [0.25, 0.3) is 0 Å². The zero-order valence-electron chi connectivity index (χ0n) is 12.8. The van der Waals surface area contributed by atoms with E-state index in [2.05, 4.69) is 21.6 Å². The summed E-state index contributed by atoms with van der Waals surface area (Å²) in [6.45, 7) is 3.57. The molecule has 0 aromatic carbocycles. The molecule has 0 spiro atoms. The lowest BCUT2D eigenvalue weighted by Crippen LogP contribution is -2.48. The Hall–Kier alpha value is -1.96. The maximum absolute atomic E-state index is 12.5. The highest BCUT2D eigenvalue weighted by molar-refractivity contribution is 5.96. The monoisotopic (exact) mass is 286 g/mol. The summed E-state index contributed by atoms with van der Waals surface area (Å²) < 4.78 is 0. The van der Waals surface area contributed by atoms with Crippen molar-refractivity contribution in [2.45, 2.75) is 64.3 Å². The summed E-state index contributed by atoms with van der Waals surface area (Å²) in [5.74, 6) is -0.215. The number of carbonyl (C=O) groups is 1. The minimum Gasteiger partial charge on any atom is -0.334 e. The maximum Gasteiger partial charge on any atom is 0.254 e. The number of nitrogens with zero attached hydrogens (tertiary/aromatic N) is 3. The van der Waals surface area contributed by atoms with Gasteiger partial charge in [-0.3, -0.25) is 4.79 Å². The van der Waals surface area contributed by atoms with Gasteiger partial charge in [0, 0.05) is 0 Å². The van der Waals surface area contributed by atoms with Crippen LogP contribution >= 0.6 is 0 Å². The molecule has 2 rings (SSSR count). The third-order valence-corrected chi connectivity index (χ3v) is 4.12. The van der Waals surface area contributed by atoms with E-state index in [4.69, 9.17) is 0 Å². The summed E-state index contributed by atoms with van der Waals surface area (Å²) in [7, 11) is 0.